The maximum atomic E-state index is 12.1. The van der Waals surface area contributed by atoms with Gasteiger partial charge in [-0.15, -0.1) is 0 Å². The number of nitrogens with zero attached hydrogens (tertiary/aromatic N) is 2. The first kappa shape index (κ1) is 15.0. The molecule has 0 aliphatic heterocycles. The van der Waals surface area contributed by atoms with Crippen molar-refractivity contribution in [1.82, 2.24) is 4.90 Å². The molecule has 1 aliphatic rings. The van der Waals surface area contributed by atoms with Gasteiger partial charge in [0, 0.05) is 31.1 Å². The third-order valence-corrected chi connectivity index (χ3v) is 3.36. The van der Waals surface area contributed by atoms with Crippen molar-refractivity contribution in [3.8, 4) is 0 Å². The van der Waals surface area contributed by atoms with E-state index in [1.54, 1.807) is 17.0 Å². The van der Waals surface area contributed by atoms with Gasteiger partial charge in [0.2, 0.25) is 5.91 Å². The minimum Gasteiger partial charge on any atom is -0.481 e. The molecule has 1 fully saturated rings. The molecule has 1 aliphatic carbocycles. The van der Waals surface area contributed by atoms with Crippen LogP contribution in [0, 0.1) is 10.1 Å². The minimum atomic E-state index is -0.991. The molecule has 0 atom stereocenters. The van der Waals surface area contributed by atoms with E-state index >= 15 is 0 Å². The summed E-state index contributed by atoms with van der Waals surface area (Å²) in [7, 11) is 0. The number of carbonyl (C=O) groups is 2. The Labute approximate surface area is 121 Å². The first-order chi connectivity index (χ1) is 9.97. The van der Waals surface area contributed by atoms with Gasteiger partial charge in [-0.05, 0) is 18.4 Å². The van der Waals surface area contributed by atoms with Gasteiger partial charge in [-0.25, -0.2) is 0 Å². The second-order valence-corrected chi connectivity index (χ2v) is 5.07. The molecule has 2 rings (SSSR count). The van der Waals surface area contributed by atoms with E-state index in [1.807, 2.05) is 0 Å². The van der Waals surface area contributed by atoms with Crippen molar-refractivity contribution in [1.29, 1.82) is 0 Å². The van der Waals surface area contributed by atoms with Crippen LogP contribution >= 0.6 is 0 Å². The zero-order valence-corrected chi connectivity index (χ0v) is 11.4. The van der Waals surface area contributed by atoms with Crippen molar-refractivity contribution in [3.63, 3.8) is 0 Å². The number of nitro groups is 1. The molecule has 112 valence electrons. The first-order valence-electron chi connectivity index (χ1n) is 6.72. The molecule has 0 unspecified atom stereocenters. The van der Waals surface area contributed by atoms with Crippen molar-refractivity contribution in [3.05, 3.63) is 39.9 Å². The van der Waals surface area contributed by atoms with Crippen LogP contribution in [0.4, 0.5) is 5.69 Å². The molecule has 1 aromatic rings. The molecule has 0 heterocycles. The zero-order valence-electron chi connectivity index (χ0n) is 11.4. The smallest absolute Gasteiger partial charge is 0.303 e. The fourth-order valence-electron chi connectivity index (χ4n) is 2.08. The highest BCUT2D eigenvalue weighted by Crippen LogP contribution is 2.29. The van der Waals surface area contributed by atoms with Crippen LogP contribution in [0.15, 0.2) is 24.3 Å². The van der Waals surface area contributed by atoms with Crippen molar-refractivity contribution in [2.75, 3.05) is 0 Å². The van der Waals surface area contributed by atoms with Crippen molar-refractivity contribution in [2.45, 2.75) is 38.3 Å². The van der Waals surface area contributed by atoms with Crippen LogP contribution in [0.1, 0.15) is 31.2 Å². The van der Waals surface area contributed by atoms with Crippen molar-refractivity contribution < 1.29 is 19.6 Å². The lowest BCUT2D eigenvalue weighted by Gasteiger charge is -2.22. The lowest BCUT2D eigenvalue weighted by Crippen LogP contribution is -2.32. The number of aliphatic carboxylic acids is 1. The molecule has 1 saturated carbocycles. The number of amides is 1. The Morgan fingerprint density at radius 2 is 1.86 bits per heavy atom. The summed E-state index contributed by atoms with van der Waals surface area (Å²) in [5, 5.41) is 19.2. The number of carboxylic acid groups (broad SMARTS) is 1. The predicted octanol–water partition coefficient (Wildman–Crippen LogP) is 1.95. The second-order valence-electron chi connectivity index (χ2n) is 5.07. The second kappa shape index (κ2) is 6.34. The van der Waals surface area contributed by atoms with E-state index in [4.69, 9.17) is 5.11 Å². The number of nitro benzene ring substituents is 1. The Bertz CT molecular complexity index is 551. The maximum Gasteiger partial charge on any atom is 0.303 e. The molecule has 0 saturated heterocycles. The summed E-state index contributed by atoms with van der Waals surface area (Å²) in [5.74, 6) is -1.17. The molecule has 1 amide bonds. The lowest BCUT2D eigenvalue weighted by molar-refractivity contribution is -0.384. The number of carboxylic acids is 1. The Hall–Kier alpha value is -2.44. The van der Waals surface area contributed by atoms with Gasteiger partial charge in [-0.3, -0.25) is 19.7 Å². The van der Waals surface area contributed by atoms with Crippen LogP contribution in [-0.4, -0.2) is 32.8 Å². The Balaban J connectivity index is 2.00. The number of non-ortho nitro benzene ring substituents is 1. The molecular formula is C14H16N2O5. The highest BCUT2D eigenvalue weighted by Gasteiger charge is 2.32. The van der Waals surface area contributed by atoms with Gasteiger partial charge in [-0.2, -0.15) is 0 Å². The van der Waals surface area contributed by atoms with Crippen LogP contribution in [0.5, 0.6) is 0 Å². The van der Waals surface area contributed by atoms with Gasteiger partial charge in [0.1, 0.15) is 0 Å². The molecule has 0 spiro atoms. The van der Waals surface area contributed by atoms with Gasteiger partial charge < -0.3 is 10.0 Å². The number of benzene rings is 1. The minimum absolute atomic E-state index is 0.00826. The largest absolute Gasteiger partial charge is 0.481 e. The average molecular weight is 292 g/mol. The third kappa shape index (κ3) is 4.27. The van der Waals surface area contributed by atoms with Gasteiger partial charge in [0.05, 0.1) is 11.3 Å². The van der Waals surface area contributed by atoms with E-state index < -0.39 is 10.9 Å². The first-order valence-corrected chi connectivity index (χ1v) is 6.72. The van der Waals surface area contributed by atoms with Crippen molar-refractivity contribution in [2.24, 2.45) is 0 Å². The van der Waals surface area contributed by atoms with Gasteiger partial charge >= 0.3 is 5.97 Å². The summed E-state index contributed by atoms with van der Waals surface area (Å²) in [4.78, 5) is 34.4. The summed E-state index contributed by atoms with van der Waals surface area (Å²) in [6, 6.07) is 6.22. The molecule has 1 aromatic carbocycles. The molecule has 0 aromatic heterocycles. The summed E-state index contributed by atoms with van der Waals surface area (Å²) >= 11 is 0. The Morgan fingerprint density at radius 3 is 2.33 bits per heavy atom. The van der Waals surface area contributed by atoms with Gasteiger partial charge in [-0.1, -0.05) is 12.1 Å². The molecule has 7 heteroatoms. The number of rotatable bonds is 7. The maximum absolute atomic E-state index is 12.1. The Kier molecular flexibility index (Phi) is 4.52. The lowest BCUT2D eigenvalue weighted by atomic mass is 10.1. The van der Waals surface area contributed by atoms with Crippen LogP contribution in [-0.2, 0) is 16.1 Å². The molecular weight excluding hydrogens is 276 g/mol. The van der Waals surface area contributed by atoms with Gasteiger partial charge in [0.25, 0.3) is 5.69 Å². The summed E-state index contributed by atoms with van der Waals surface area (Å²) in [6.07, 6.45) is 1.65. The monoisotopic (exact) mass is 292 g/mol. The standard InChI is InChI=1S/C14H16N2O5/c17-13(7-8-14(18)19)15(11-5-6-11)9-10-1-3-12(4-2-10)16(20)21/h1-4,11H,5-9H2,(H,18,19). The molecule has 7 nitrogen and oxygen atoms in total. The summed E-state index contributed by atoms with van der Waals surface area (Å²) in [5.41, 5.74) is 0.810. The highest BCUT2D eigenvalue weighted by molar-refractivity contribution is 5.81. The topological polar surface area (TPSA) is 101 Å². The molecule has 1 N–H and O–H groups in total. The van der Waals surface area contributed by atoms with E-state index in [2.05, 4.69) is 0 Å². The van der Waals surface area contributed by atoms with E-state index in [9.17, 15) is 19.7 Å². The van der Waals surface area contributed by atoms with Crippen LogP contribution < -0.4 is 0 Å². The fraction of sp³-hybridized carbons (Fsp3) is 0.429. The molecule has 0 bridgehead atoms. The van der Waals surface area contributed by atoms with Crippen LogP contribution in [0.2, 0.25) is 0 Å². The number of hydrogen-bond donors (Lipinski definition) is 1. The van der Waals surface area contributed by atoms with E-state index in [0.29, 0.717) is 6.54 Å². The zero-order chi connectivity index (χ0) is 15.4. The van der Waals surface area contributed by atoms with Crippen LogP contribution in [0.25, 0.3) is 0 Å². The summed E-state index contributed by atoms with van der Waals surface area (Å²) in [6.45, 7) is 0.362. The van der Waals surface area contributed by atoms with Crippen LogP contribution in [0.3, 0.4) is 0 Å². The fourth-order valence-corrected chi connectivity index (χ4v) is 2.08. The van der Waals surface area contributed by atoms with E-state index in [-0.39, 0.29) is 30.5 Å². The normalized spacial score (nSPS) is 13.7. The van der Waals surface area contributed by atoms with E-state index in [1.165, 1.54) is 12.1 Å². The average Bonchev–Trinajstić information content (AvgIpc) is 3.27. The van der Waals surface area contributed by atoms with E-state index in [0.717, 1.165) is 18.4 Å². The highest BCUT2D eigenvalue weighted by atomic mass is 16.6. The third-order valence-electron chi connectivity index (χ3n) is 3.36. The summed E-state index contributed by atoms with van der Waals surface area (Å²) < 4.78 is 0. The molecule has 0 radical (unpaired) electrons. The molecule has 21 heavy (non-hydrogen) atoms. The Morgan fingerprint density at radius 1 is 1.24 bits per heavy atom. The van der Waals surface area contributed by atoms with Gasteiger partial charge in [0.15, 0.2) is 0 Å². The SMILES string of the molecule is O=C(O)CCC(=O)N(Cc1ccc([N+](=O)[O-])cc1)C1CC1. The number of hydrogen-bond acceptors (Lipinski definition) is 4. The number of carbonyl (C=O) groups excluding carboxylic acids is 1. The van der Waals surface area contributed by atoms with Crippen molar-refractivity contribution >= 4 is 17.6 Å². The predicted molar refractivity (Wildman–Crippen MR) is 73.5 cm³/mol. The quantitative estimate of drug-likeness (QED) is 0.611.